The lowest BCUT2D eigenvalue weighted by Gasteiger charge is -2.07. The fourth-order valence-corrected chi connectivity index (χ4v) is 5.05. The molecule has 4 aromatic rings. The number of nitrogens with zero attached hydrogens (tertiary/aromatic N) is 2. The molecule has 0 bridgehead atoms. The Hall–Kier alpha value is -3.43. The second-order valence-corrected chi connectivity index (χ2v) is 8.64. The van der Waals surface area contributed by atoms with E-state index in [9.17, 15) is 9.59 Å². The summed E-state index contributed by atoms with van der Waals surface area (Å²) in [5, 5.41) is 3.66. The monoisotopic (exact) mass is 464 g/mol. The van der Waals surface area contributed by atoms with Gasteiger partial charge in [0.1, 0.15) is 16.2 Å². The number of hydrogen-bond acceptors (Lipinski definition) is 9. The zero-order chi connectivity index (χ0) is 21.9. The Balaban J connectivity index is 1.23. The van der Waals surface area contributed by atoms with Crippen LogP contribution in [0.2, 0.25) is 0 Å². The third-order valence-corrected chi connectivity index (χ3v) is 6.66. The van der Waals surface area contributed by atoms with Crippen molar-refractivity contribution in [1.82, 2.24) is 9.97 Å². The first kappa shape index (κ1) is 20.5. The molecule has 160 valence electrons. The molecule has 0 spiro atoms. The van der Waals surface area contributed by atoms with E-state index in [-0.39, 0.29) is 24.9 Å². The maximum atomic E-state index is 12.4. The first-order valence-electron chi connectivity index (χ1n) is 9.68. The summed E-state index contributed by atoms with van der Waals surface area (Å²) in [6.45, 7) is -0.211. The molecule has 0 atom stereocenters. The molecule has 2 aromatic carbocycles. The summed E-state index contributed by atoms with van der Waals surface area (Å²) in [4.78, 5) is 34.2. The van der Waals surface area contributed by atoms with Crippen LogP contribution in [-0.4, -0.2) is 40.9 Å². The molecule has 0 saturated heterocycles. The van der Waals surface area contributed by atoms with Gasteiger partial charge in [-0.05, 0) is 23.8 Å². The lowest BCUT2D eigenvalue weighted by molar-refractivity contribution is -0.139. The standard InChI is InChI=1S/C23H16N2O5S2/c26-17(15-6-7-18-19(8-15)30-13-29-18)9-28-20(27)11-32-23-21-16(14-4-2-1-3-5-14)10-31-22(21)24-12-25-23/h1-8,10,12H,9,11,13H2. The van der Waals surface area contributed by atoms with Crippen LogP contribution in [0.5, 0.6) is 11.5 Å². The van der Waals surface area contributed by atoms with Gasteiger partial charge in [-0.15, -0.1) is 11.3 Å². The Bertz CT molecular complexity index is 1310. The number of ketones is 1. The number of ether oxygens (including phenoxy) is 3. The van der Waals surface area contributed by atoms with Gasteiger partial charge in [0.2, 0.25) is 6.79 Å². The number of carbonyl (C=O) groups excluding carboxylic acids is 2. The molecule has 0 unspecified atom stereocenters. The molecule has 32 heavy (non-hydrogen) atoms. The highest BCUT2D eigenvalue weighted by Gasteiger charge is 2.18. The number of benzene rings is 2. The van der Waals surface area contributed by atoms with Gasteiger partial charge in [-0.2, -0.15) is 0 Å². The lowest BCUT2D eigenvalue weighted by Crippen LogP contribution is -2.15. The number of aromatic nitrogens is 2. The van der Waals surface area contributed by atoms with Gasteiger partial charge in [0, 0.05) is 16.5 Å². The van der Waals surface area contributed by atoms with Gasteiger partial charge < -0.3 is 14.2 Å². The summed E-state index contributed by atoms with van der Waals surface area (Å²) in [6.07, 6.45) is 1.49. The zero-order valence-electron chi connectivity index (χ0n) is 16.6. The molecule has 3 heterocycles. The smallest absolute Gasteiger partial charge is 0.316 e. The van der Waals surface area contributed by atoms with Crippen molar-refractivity contribution in [2.75, 3.05) is 19.2 Å². The molecular weight excluding hydrogens is 448 g/mol. The third kappa shape index (κ3) is 4.17. The summed E-state index contributed by atoms with van der Waals surface area (Å²) >= 11 is 2.80. The second-order valence-electron chi connectivity index (χ2n) is 6.81. The number of rotatable bonds is 7. The Morgan fingerprint density at radius 2 is 1.91 bits per heavy atom. The van der Waals surface area contributed by atoms with Gasteiger partial charge in [-0.3, -0.25) is 9.59 Å². The summed E-state index contributed by atoms with van der Waals surface area (Å²) < 4.78 is 15.7. The largest absolute Gasteiger partial charge is 0.457 e. The third-order valence-electron chi connectivity index (χ3n) is 4.81. The van der Waals surface area contributed by atoms with Crippen molar-refractivity contribution < 1.29 is 23.8 Å². The average molecular weight is 465 g/mol. The Morgan fingerprint density at radius 3 is 2.78 bits per heavy atom. The molecular formula is C23H16N2O5S2. The predicted molar refractivity (Wildman–Crippen MR) is 121 cm³/mol. The number of esters is 1. The van der Waals surface area contributed by atoms with Gasteiger partial charge in [-0.25, -0.2) is 9.97 Å². The molecule has 0 radical (unpaired) electrons. The van der Waals surface area contributed by atoms with Crippen LogP contribution in [0.15, 0.2) is 65.3 Å². The average Bonchev–Trinajstić information content (AvgIpc) is 3.48. The number of hydrogen-bond donors (Lipinski definition) is 0. The fraction of sp³-hybridized carbons (Fsp3) is 0.130. The SMILES string of the molecule is O=C(CSc1ncnc2scc(-c3ccccc3)c12)OCC(=O)c1ccc2c(c1)OCO2. The van der Waals surface area contributed by atoms with E-state index in [1.165, 1.54) is 29.4 Å². The molecule has 1 aliphatic heterocycles. The Labute approximate surface area is 191 Å². The van der Waals surface area contributed by atoms with Crippen LogP contribution >= 0.6 is 23.1 Å². The fourth-order valence-electron chi connectivity index (χ4n) is 3.26. The number of Topliss-reactive ketones (excluding diaryl/α,β-unsaturated/α-hetero) is 1. The number of carbonyl (C=O) groups is 2. The van der Waals surface area contributed by atoms with Crippen molar-refractivity contribution in [1.29, 1.82) is 0 Å². The first-order valence-corrected chi connectivity index (χ1v) is 11.5. The van der Waals surface area contributed by atoms with E-state index in [1.807, 2.05) is 35.7 Å². The highest BCUT2D eigenvalue weighted by Crippen LogP contribution is 2.37. The number of thiophene rings is 1. The van der Waals surface area contributed by atoms with Crippen LogP contribution in [0.1, 0.15) is 10.4 Å². The Kier molecular flexibility index (Phi) is 5.74. The molecule has 0 aliphatic carbocycles. The molecule has 7 nitrogen and oxygen atoms in total. The van der Waals surface area contributed by atoms with E-state index in [1.54, 1.807) is 18.2 Å². The molecule has 0 saturated carbocycles. The van der Waals surface area contributed by atoms with Crippen molar-refractivity contribution in [3.63, 3.8) is 0 Å². The second kappa shape index (κ2) is 8.97. The summed E-state index contributed by atoms with van der Waals surface area (Å²) in [5.41, 5.74) is 2.49. The maximum Gasteiger partial charge on any atom is 0.316 e. The molecule has 0 N–H and O–H groups in total. The van der Waals surface area contributed by atoms with E-state index in [0.717, 1.165) is 21.3 Å². The number of fused-ring (bicyclic) bond motifs is 2. The van der Waals surface area contributed by atoms with Gasteiger partial charge in [-0.1, -0.05) is 42.1 Å². The molecule has 0 fully saturated rings. The van der Waals surface area contributed by atoms with E-state index in [0.29, 0.717) is 22.1 Å². The molecule has 2 aromatic heterocycles. The normalized spacial score (nSPS) is 12.1. The van der Waals surface area contributed by atoms with E-state index in [4.69, 9.17) is 14.2 Å². The topological polar surface area (TPSA) is 87.6 Å². The van der Waals surface area contributed by atoms with Crippen molar-refractivity contribution in [3.8, 4) is 22.6 Å². The number of thioether (sulfide) groups is 1. The highest BCUT2D eigenvalue weighted by atomic mass is 32.2. The molecule has 1 aliphatic rings. The van der Waals surface area contributed by atoms with Crippen LogP contribution in [0.25, 0.3) is 21.3 Å². The predicted octanol–water partition coefficient (Wildman–Crippen LogP) is 4.61. The summed E-state index contributed by atoms with van der Waals surface area (Å²) in [5.74, 6) is 0.331. The molecule has 9 heteroatoms. The minimum Gasteiger partial charge on any atom is -0.457 e. The van der Waals surface area contributed by atoms with Crippen molar-refractivity contribution in [2.45, 2.75) is 5.03 Å². The van der Waals surface area contributed by atoms with Gasteiger partial charge in [0.15, 0.2) is 23.9 Å². The van der Waals surface area contributed by atoms with Crippen molar-refractivity contribution >= 4 is 45.1 Å². The van der Waals surface area contributed by atoms with Crippen molar-refractivity contribution in [2.24, 2.45) is 0 Å². The van der Waals surface area contributed by atoms with Crippen molar-refractivity contribution in [3.05, 3.63) is 65.8 Å². The summed E-state index contributed by atoms with van der Waals surface area (Å²) in [6, 6.07) is 14.8. The summed E-state index contributed by atoms with van der Waals surface area (Å²) in [7, 11) is 0. The van der Waals surface area contributed by atoms with E-state index in [2.05, 4.69) is 9.97 Å². The van der Waals surface area contributed by atoms with Crippen LogP contribution < -0.4 is 9.47 Å². The van der Waals surface area contributed by atoms with Crippen LogP contribution in [0.4, 0.5) is 0 Å². The van der Waals surface area contributed by atoms with Gasteiger partial charge >= 0.3 is 5.97 Å². The van der Waals surface area contributed by atoms with Gasteiger partial charge in [0.05, 0.1) is 11.1 Å². The molecule has 0 amide bonds. The Morgan fingerprint density at radius 1 is 1.06 bits per heavy atom. The van der Waals surface area contributed by atoms with Crippen LogP contribution in [-0.2, 0) is 9.53 Å². The minimum atomic E-state index is -0.493. The van der Waals surface area contributed by atoms with Crippen LogP contribution in [0, 0.1) is 0 Å². The van der Waals surface area contributed by atoms with E-state index >= 15 is 0 Å². The van der Waals surface area contributed by atoms with Gasteiger partial charge in [0.25, 0.3) is 0 Å². The maximum absolute atomic E-state index is 12.4. The zero-order valence-corrected chi connectivity index (χ0v) is 18.3. The quantitative estimate of drug-likeness (QED) is 0.170. The van der Waals surface area contributed by atoms with Crippen LogP contribution in [0.3, 0.4) is 0 Å². The first-order chi connectivity index (χ1) is 15.7. The lowest BCUT2D eigenvalue weighted by atomic mass is 10.1. The minimum absolute atomic E-state index is 0.0323. The highest BCUT2D eigenvalue weighted by molar-refractivity contribution is 8.00. The van der Waals surface area contributed by atoms with E-state index < -0.39 is 5.97 Å². The molecule has 5 rings (SSSR count).